The molecule has 6 heteroatoms. The van der Waals surface area contributed by atoms with Crippen molar-refractivity contribution in [2.24, 2.45) is 0 Å². The van der Waals surface area contributed by atoms with Crippen LogP contribution in [-0.4, -0.2) is 12.4 Å². The predicted molar refractivity (Wildman–Crippen MR) is 113 cm³/mol. The first-order valence-electron chi connectivity index (χ1n) is 9.42. The van der Waals surface area contributed by atoms with Crippen molar-refractivity contribution in [2.45, 2.75) is 13.5 Å². The lowest BCUT2D eigenvalue weighted by Crippen LogP contribution is -1.99. The van der Waals surface area contributed by atoms with Crippen LogP contribution < -0.4 is 14.2 Å². The maximum absolute atomic E-state index is 13.9. The highest BCUT2D eigenvalue weighted by atomic mass is 35.5. The summed E-state index contributed by atoms with van der Waals surface area (Å²) in [6.45, 7) is 2.47. The smallest absolute Gasteiger partial charge is 0.231 e. The van der Waals surface area contributed by atoms with Crippen molar-refractivity contribution in [1.82, 2.24) is 0 Å². The first-order valence-corrected chi connectivity index (χ1v) is 9.80. The molecule has 0 fully saturated rings. The number of ketones is 1. The van der Waals surface area contributed by atoms with Gasteiger partial charge in [-0.05, 0) is 55.0 Å². The molecule has 30 heavy (non-hydrogen) atoms. The van der Waals surface area contributed by atoms with E-state index in [1.54, 1.807) is 30.3 Å². The Balaban J connectivity index is 1.49. The molecule has 0 spiro atoms. The summed E-state index contributed by atoms with van der Waals surface area (Å²) in [5, 5.41) is 0.295. The van der Waals surface area contributed by atoms with E-state index in [1.165, 1.54) is 12.1 Å². The lowest BCUT2D eigenvalue weighted by Gasteiger charge is -2.09. The second-order valence-corrected chi connectivity index (χ2v) is 7.00. The molecule has 0 radical (unpaired) electrons. The highest BCUT2D eigenvalue weighted by Gasteiger charge is 2.27. The third kappa shape index (κ3) is 4.16. The number of rotatable bonds is 6. The molecule has 0 saturated heterocycles. The number of hydrogen-bond acceptors (Lipinski definition) is 4. The van der Waals surface area contributed by atoms with Gasteiger partial charge in [-0.2, -0.15) is 0 Å². The van der Waals surface area contributed by atoms with Gasteiger partial charge in [-0.15, -0.1) is 0 Å². The van der Waals surface area contributed by atoms with Crippen molar-refractivity contribution < 1.29 is 23.4 Å². The molecular formula is C24H18ClFO4. The van der Waals surface area contributed by atoms with E-state index in [4.69, 9.17) is 25.8 Å². The molecule has 152 valence electrons. The van der Waals surface area contributed by atoms with Crippen LogP contribution in [0.25, 0.3) is 6.08 Å². The summed E-state index contributed by atoms with van der Waals surface area (Å²) in [5.41, 5.74) is 1.54. The van der Waals surface area contributed by atoms with Gasteiger partial charge in [0.05, 0.1) is 17.2 Å². The number of Topliss-reactive ketones (excluding diaryl/α,β-unsaturated/α-hetero) is 1. The Bertz CT molecular complexity index is 1100. The van der Waals surface area contributed by atoms with Crippen molar-refractivity contribution >= 4 is 23.5 Å². The van der Waals surface area contributed by atoms with Crippen LogP contribution in [0.2, 0.25) is 5.02 Å². The molecule has 1 heterocycles. The van der Waals surface area contributed by atoms with Crippen LogP contribution in [0.5, 0.6) is 17.2 Å². The fourth-order valence-electron chi connectivity index (χ4n) is 3.06. The normalized spacial score (nSPS) is 13.8. The maximum atomic E-state index is 13.9. The zero-order chi connectivity index (χ0) is 21.1. The number of halogens is 2. The van der Waals surface area contributed by atoms with Crippen LogP contribution in [0.1, 0.15) is 28.4 Å². The van der Waals surface area contributed by atoms with E-state index >= 15 is 0 Å². The molecule has 0 aromatic heterocycles. The van der Waals surface area contributed by atoms with Gasteiger partial charge in [-0.3, -0.25) is 4.79 Å². The highest BCUT2D eigenvalue weighted by Crippen LogP contribution is 2.35. The van der Waals surface area contributed by atoms with E-state index in [0.29, 0.717) is 28.7 Å². The molecule has 4 rings (SSSR count). The minimum absolute atomic E-state index is 0.0346. The second kappa shape index (κ2) is 8.59. The summed E-state index contributed by atoms with van der Waals surface area (Å²) >= 11 is 6.03. The van der Waals surface area contributed by atoms with Crippen LogP contribution in [0, 0.1) is 5.82 Å². The third-order valence-electron chi connectivity index (χ3n) is 4.58. The molecule has 0 atom stereocenters. The second-order valence-electron chi connectivity index (χ2n) is 6.59. The molecule has 0 N–H and O–H groups in total. The summed E-state index contributed by atoms with van der Waals surface area (Å²) in [6.07, 6.45) is 1.68. The zero-order valence-corrected chi connectivity index (χ0v) is 16.9. The monoisotopic (exact) mass is 424 g/mol. The fourth-order valence-corrected chi connectivity index (χ4v) is 3.28. The molecule has 0 saturated carbocycles. The minimum atomic E-state index is -0.435. The van der Waals surface area contributed by atoms with Gasteiger partial charge in [0.25, 0.3) is 0 Å². The molecule has 4 nitrogen and oxygen atoms in total. The lowest BCUT2D eigenvalue weighted by molar-refractivity contribution is 0.101. The third-order valence-corrected chi connectivity index (χ3v) is 4.93. The Kier molecular flexibility index (Phi) is 5.72. The number of fused-ring (bicyclic) bond motifs is 1. The van der Waals surface area contributed by atoms with E-state index in [1.807, 2.05) is 31.2 Å². The van der Waals surface area contributed by atoms with Crippen molar-refractivity contribution in [3.8, 4) is 17.2 Å². The quantitative estimate of drug-likeness (QED) is 0.450. The van der Waals surface area contributed by atoms with Crippen molar-refractivity contribution in [2.75, 3.05) is 6.61 Å². The summed E-state index contributed by atoms with van der Waals surface area (Å²) in [4.78, 5) is 12.6. The molecule has 1 aliphatic heterocycles. The van der Waals surface area contributed by atoms with Gasteiger partial charge in [0.2, 0.25) is 5.78 Å². The average molecular weight is 425 g/mol. The molecule has 0 amide bonds. The van der Waals surface area contributed by atoms with E-state index in [0.717, 1.165) is 11.3 Å². The van der Waals surface area contributed by atoms with Crippen molar-refractivity contribution in [3.05, 3.63) is 94.0 Å². The minimum Gasteiger partial charge on any atom is -0.494 e. The van der Waals surface area contributed by atoms with Gasteiger partial charge in [0, 0.05) is 11.6 Å². The number of benzene rings is 3. The Morgan fingerprint density at radius 3 is 2.53 bits per heavy atom. The number of ether oxygens (including phenoxy) is 3. The molecule has 0 aliphatic carbocycles. The van der Waals surface area contributed by atoms with Crippen LogP contribution in [-0.2, 0) is 6.61 Å². The Morgan fingerprint density at radius 1 is 1.03 bits per heavy atom. The van der Waals surface area contributed by atoms with Crippen LogP contribution in [0.3, 0.4) is 0 Å². The van der Waals surface area contributed by atoms with Crippen LogP contribution in [0.15, 0.2) is 66.4 Å². The first kappa shape index (κ1) is 20.0. The van der Waals surface area contributed by atoms with Crippen molar-refractivity contribution in [1.29, 1.82) is 0 Å². The summed E-state index contributed by atoms with van der Waals surface area (Å²) in [7, 11) is 0. The Labute approximate surface area is 178 Å². The standard InChI is InChI=1S/C24H18ClFO4/c1-2-28-16-8-6-15(7-9-16)12-23-24(27)18-11-10-17(13-22(18)30-23)29-14-19-20(25)4-3-5-21(19)26/h3-13H,2,14H2,1H3/b23-12-. The summed E-state index contributed by atoms with van der Waals surface area (Å²) < 4.78 is 30.7. The van der Waals surface area contributed by atoms with Gasteiger partial charge in [-0.1, -0.05) is 29.8 Å². The molecule has 3 aromatic rings. The van der Waals surface area contributed by atoms with Gasteiger partial charge < -0.3 is 14.2 Å². The number of carbonyl (C=O) groups excluding carboxylic acids is 1. The topological polar surface area (TPSA) is 44.8 Å². The number of allylic oxidation sites excluding steroid dienone is 1. The summed E-state index contributed by atoms with van der Waals surface area (Å²) in [6, 6.07) is 16.7. The lowest BCUT2D eigenvalue weighted by atomic mass is 10.1. The van der Waals surface area contributed by atoms with Gasteiger partial charge in [-0.25, -0.2) is 4.39 Å². The largest absolute Gasteiger partial charge is 0.494 e. The van der Waals surface area contributed by atoms with E-state index in [2.05, 4.69) is 0 Å². The average Bonchev–Trinajstić information content (AvgIpc) is 3.04. The Morgan fingerprint density at radius 2 is 1.80 bits per heavy atom. The summed E-state index contributed by atoms with van der Waals surface area (Å²) in [5.74, 6) is 1.19. The van der Waals surface area contributed by atoms with Gasteiger partial charge in [0.1, 0.15) is 29.7 Å². The SMILES string of the molecule is CCOc1ccc(/C=C2\Oc3cc(OCc4c(F)cccc4Cl)ccc3C2=O)cc1. The molecule has 0 unspecified atom stereocenters. The zero-order valence-electron chi connectivity index (χ0n) is 16.2. The van der Waals surface area contributed by atoms with E-state index < -0.39 is 5.82 Å². The van der Waals surface area contributed by atoms with Crippen LogP contribution >= 0.6 is 11.6 Å². The van der Waals surface area contributed by atoms with Gasteiger partial charge in [0.15, 0.2) is 5.76 Å². The molecule has 0 bridgehead atoms. The fraction of sp³-hybridized carbons (Fsp3) is 0.125. The Hall–Kier alpha value is -3.31. The molecular weight excluding hydrogens is 407 g/mol. The highest BCUT2D eigenvalue weighted by molar-refractivity contribution is 6.31. The predicted octanol–water partition coefficient (Wildman–Crippen LogP) is 6.07. The van der Waals surface area contributed by atoms with Crippen molar-refractivity contribution in [3.63, 3.8) is 0 Å². The molecule has 1 aliphatic rings. The maximum Gasteiger partial charge on any atom is 0.231 e. The van der Waals surface area contributed by atoms with Crippen LogP contribution in [0.4, 0.5) is 4.39 Å². The van der Waals surface area contributed by atoms with E-state index in [-0.39, 0.29) is 23.7 Å². The van der Waals surface area contributed by atoms with Gasteiger partial charge >= 0.3 is 0 Å². The first-order chi connectivity index (χ1) is 14.5. The molecule has 3 aromatic carbocycles. The number of hydrogen-bond donors (Lipinski definition) is 0. The number of carbonyl (C=O) groups is 1. The van der Waals surface area contributed by atoms with E-state index in [9.17, 15) is 9.18 Å².